The van der Waals surface area contributed by atoms with Gasteiger partial charge >= 0.3 is 0 Å². The summed E-state index contributed by atoms with van der Waals surface area (Å²) in [4.78, 5) is 27.1. The predicted octanol–water partition coefficient (Wildman–Crippen LogP) is 3.98. The van der Waals surface area contributed by atoms with Crippen molar-refractivity contribution in [3.8, 4) is 0 Å². The number of amides is 2. The van der Waals surface area contributed by atoms with Crippen molar-refractivity contribution in [2.45, 2.75) is 66.3 Å². The molecular weight excluding hydrogens is 350 g/mol. The molecular formula is C23H37N3O2. The first kappa shape index (κ1) is 22.3. The zero-order valence-corrected chi connectivity index (χ0v) is 18.2. The van der Waals surface area contributed by atoms with Gasteiger partial charge in [-0.2, -0.15) is 0 Å². The molecule has 1 aromatic carbocycles. The van der Waals surface area contributed by atoms with Crippen molar-refractivity contribution in [3.63, 3.8) is 0 Å². The van der Waals surface area contributed by atoms with Gasteiger partial charge in [0.25, 0.3) is 5.91 Å². The summed E-state index contributed by atoms with van der Waals surface area (Å²) in [6.07, 6.45) is 3.40. The van der Waals surface area contributed by atoms with E-state index in [1.54, 1.807) is 0 Å². The van der Waals surface area contributed by atoms with Gasteiger partial charge in [-0.15, -0.1) is 0 Å². The Bertz CT molecular complexity index is 658. The lowest BCUT2D eigenvalue weighted by atomic mass is 9.91. The van der Waals surface area contributed by atoms with Crippen molar-refractivity contribution in [1.82, 2.24) is 10.6 Å². The smallest absolute Gasteiger partial charge is 0.253 e. The van der Waals surface area contributed by atoms with E-state index in [1.165, 1.54) is 0 Å². The molecule has 0 saturated carbocycles. The molecule has 0 radical (unpaired) electrons. The molecule has 5 nitrogen and oxygen atoms in total. The lowest BCUT2D eigenvalue weighted by molar-refractivity contribution is -0.123. The fourth-order valence-corrected chi connectivity index (χ4v) is 3.47. The molecule has 1 aliphatic rings. The molecule has 1 aliphatic heterocycles. The minimum absolute atomic E-state index is 0.00324. The predicted molar refractivity (Wildman–Crippen MR) is 116 cm³/mol. The van der Waals surface area contributed by atoms with E-state index in [-0.39, 0.29) is 23.3 Å². The summed E-state index contributed by atoms with van der Waals surface area (Å²) in [6, 6.07) is 8.05. The van der Waals surface area contributed by atoms with Gasteiger partial charge in [-0.25, -0.2) is 0 Å². The third-order valence-corrected chi connectivity index (χ3v) is 5.35. The van der Waals surface area contributed by atoms with Crippen LogP contribution in [0, 0.1) is 11.3 Å². The van der Waals surface area contributed by atoms with Crippen LogP contribution in [0.5, 0.6) is 0 Å². The minimum atomic E-state index is -0.00324. The van der Waals surface area contributed by atoms with Crippen molar-refractivity contribution in [1.29, 1.82) is 0 Å². The van der Waals surface area contributed by atoms with E-state index >= 15 is 0 Å². The lowest BCUT2D eigenvalue weighted by Crippen LogP contribution is -2.45. The van der Waals surface area contributed by atoms with Gasteiger partial charge in [0.15, 0.2) is 0 Å². The number of hydrogen-bond acceptors (Lipinski definition) is 3. The van der Waals surface area contributed by atoms with Gasteiger partial charge in [0.2, 0.25) is 5.91 Å². The maximum absolute atomic E-state index is 12.7. The Morgan fingerprint density at radius 1 is 1.18 bits per heavy atom. The summed E-state index contributed by atoms with van der Waals surface area (Å²) in [5.74, 6) is 0.607. The maximum Gasteiger partial charge on any atom is 0.253 e. The molecule has 1 heterocycles. The van der Waals surface area contributed by atoms with E-state index in [0.717, 1.165) is 43.6 Å². The highest BCUT2D eigenvalue weighted by molar-refractivity contribution is 5.99. The van der Waals surface area contributed by atoms with Crippen LogP contribution in [0.2, 0.25) is 0 Å². The Balaban J connectivity index is 1.94. The molecule has 2 amide bonds. The number of carbonyl (C=O) groups excluding carboxylic acids is 2. The standard InChI is InChI=1S/C23H37N3O2/c1-6-17(2)16-24-22(28)19-9-7-8-10-20(19)26-13-11-18(12-14-26)25-21(27)15-23(3,4)5/h7-10,17-18H,6,11-16H2,1-5H3,(H,24,28)(H,25,27)/t17-/m0/s1. The Morgan fingerprint density at radius 2 is 1.82 bits per heavy atom. The van der Waals surface area contributed by atoms with Gasteiger partial charge in [-0.05, 0) is 36.3 Å². The second-order valence-electron chi connectivity index (χ2n) is 9.31. The average Bonchev–Trinajstić information content (AvgIpc) is 2.65. The van der Waals surface area contributed by atoms with E-state index in [0.29, 0.717) is 18.9 Å². The summed E-state index contributed by atoms with van der Waals surface area (Å²) in [6.45, 7) is 12.9. The molecule has 0 unspecified atom stereocenters. The van der Waals surface area contributed by atoms with E-state index < -0.39 is 0 Å². The van der Waals surface area contributed by atoms with Crippen molar-refractivity contribution >= 4 is 17.5 Å². The first-order valence-electron chi connectivity index (χ1n) is 10.6. The summed E-state index contributed by atoms with van der Waals surface area (Å²) in [5.41, 5.74) is 1.73. The molecule has 0 bridgehead atoms. The zero-order valence-electron chi connectivity index (χ0n) is 18.2. The second-order valence-corrected chi connectivity index (χ2v) is 9.31. The summed E-state index contributed by atoms with van der Waals surface area (Å²) >= 11 is 0. The van der Waals surface area contributed by atoms with Crippen LogP contribution in [-0.2, 0) is 4.79 Å². The van der Waals surface area contributed by atoms with Crippen LogP contribution >= 0.6 is 0 Å². The Hall–Kier alpha value is -2.04. The van der Waals surface area contributed by atoms with Crippen molar-refractivity contribution in [3.05, 3.63) is 29.8 Å². The van der Waals surface area contributed by atoms with Crippen LogP contribution in [0.3, 0.4) is 0 Å². The normalized spacial score (nSPS) is 16.5. The molecule has 5 heteroatoms. The largest absolute Gasteiger partial charge is 0.371 e. The third kappa shape index (κ3) is 6.84. The summed E-state index contributed by atoms with van der Waals surface area (Å²) in [5, 5.41) is 6.24. The number of para-hydroxylation sites is 1. The van der Waals surface area contributed by atoms with Crippen molar-refractivity contribution in [2.24, 2.45) is 11.3 Å². The molecule has 1 aromatic rings. The summed E-state index contributed by atoms with van der Waals surface area (Å²) < 4.78 is 0. The first-order valence-corrected chi connectivity index (χ1v) is 10.6. The van der Waals surface area contributed by atoms with Crippen LogP contribution in [0.25, 0.3) is 0 Å². The Kier molecular flexibility index (Phi) is 7.90. The van der Waals surface area contributed by atoms with Gasteiger partial charge in [0.1, 0.15) is 0 Å². The van der Waals surface area contributed by atoms with Gasteiger partial charge in [0.05, 0.1) is 5.56 Å². The molecule has 0 aromatic heterocycles. The summed E-state index contributed by atoms with van der Waals surface area (Å²) in [7, 11) is 0. The molecule has 2 N–H and O–H groups in total. The van der Waals surface area contributed by atoms with E-state index in [2.05, 4.69) is 50.2 Å². The quantitative estimate of drug-likeness (QED) is 0.744. The third-order valence-electron chi connectivity index (χ3n) is 5.35. The number of piperidine rings is 1. The molecule has 156 valence electrons. The number of hydrogen-bond donors (Lipinski definition) is 2. The van der Waals surface area contributed by atoms with Crippen molar-refractivity contribution < 1.29 is 9.59 Å². The zero-order chi connectivity index (χ0) is 20.7. The van der Waals surface area contributed by atoms with E-state index in [9.17, 15) is 9.59 Å². The molecule has 0 spiro atoms. The van der Waals surface area contributed by atoms with Crippen LogP contribution < -0.4 is 15.5 Å². The van der Waals surface area contributed by atoms with Crippen LogP contribution in [0.1, 0.15) is 70.7 Å². The minimum Gasteiger partial charge on any atom is -0.371 e. The van der Waals surface area contributed by atoms with Gasteiger partial charge < -0.3 is 15.5 Å². The molecule has 1 atom stereocenters. The topological polar surface area (TPSA) is 61.4 Å². The number of nitrogens with zero attached hydrogens (tertiary/aromatic N) is 1. The number of benzene rings is 1. The maximum atomic E-state index is 12.7. The van der Waals surface area contributed by atoms with Crippen molar-refractivity contribution in [2.75, 3.05) is 24.5 Å². The Morgan fingerprint density at radius 3 is 2.43 bits per heavy atom. The fourth-order valence-electron chi connectivity index (χ4n) is 3.47. The highest BCUT2D eigenvalue weighted by Crippen LogP contribution is 2.25. The monoisotopic (exact) mass is 387 g/mol. The number of anilines is 1. The van der Waals surface area contributed by atoms with E-state index in [1.807, 2.05) is 24.3 Å². The second kappa shape index (κ2) is 9.94. The lowest BCUT2D eigenvalue weighted by Gasteiger charge is -2.35. The molecule has 2 rings (SSSR count). The highest BCUT2D eigenvalue weighted by atomic mass is 16.2. The number of rotatable bonds is 7. The van der Waals surface area contributed by atoms with Gasteiger partial charge in [-0.1, -0.05) is 53.2 Å². The fraction of sp³-hybridized carbons (Fsp3) is 0.652. The molecule has 28 heavy (non-hydrogen) atoms. The molecule has 0 aliphatic carbocycles. The highest BCUT2D eigenvalue weighted by Gasteiger charge is 2.25. The van der Waals surface area contributed by atoms with Crippen LogP contribution in [-0.4, -0.2) is 37.5 Å². The molecule has 1 saturated heterocycles. The number of carbonyl (C=O) groups is 2. The van der Waals surface area contributed by atoms with Gasteiger partial charge in [0, 0.05) is 37.8 Å². The SMILES string of the molecule is CC[C@H](C)CNC(=O)c1ccccc1N1CCC(NC(=O)CC(C)(C)C)CC1. The Labute approximate surface area is 170 Å². The first-order chi connectivity index (χ1) is 13.2. The van der Waals surface area contributed by atoms with Crippen LogP contribution in [0.4, 0.5) is 5.69 Å². The average molecular weight is 388 g/mol. The molecule has 1 fully saturated rings. The van der Waals surface area contributed by atoms with Crippen LogP contribution in [0.15, 0.2) is 24.3 Å². The van der Waals surface area contributed by atoms with E-state index in [4.69, 9.17) is 0 Å². The number of nitrogens with one attached hydrogen (secondary N) is 2. The van der Waals surface area contributed by atoms with Gasteiger partial charge in [-0.3, -0.25) is 9.59 Å².